The summed E-state index contributed by atoms with van der Waals surface area (Å²) >= 11 is 0. The molecular formula is C15H16N2O4. The van der Waals surface area contributed by atoms with Crippen molar-refractivity contribution >= 4 is 22.3 Å². The number of rotatable bonds is 2. The van der Waals surface area contributed by atoms with Crippen molar-refractivity contribution in [2.75, 3.05) is 11.4 Å². The molecule has 1 atom stereocenters. The number of piperidine rings is 1. The van der Waals surface area contributed by atoms with Crippen molar-refractivity contribution in [2.45, 2.75) is 32.2 Å². The Morgan fingerprint density at radius 1 is 1.33 bits per heavy atom. The number of nitrogens with zero attached hydrogens (tertiary/aromatic N) is 2. The van der Waals surface area contributed by atoms with Crippen LogP contribution in [0.25, 0.3) is 11.0 Å². The third-order valence-corrected chi connectivity index (χ3v) is 4.04. The van der Waals surface area contributed by atoms with Gasteiger partial charge in [-0.2, -0.15) is 0 Å². The van der Waals surface area contributed by atoms with Crippen LogP contribution >= 0.6 is 0 Å². The van der Waals surface area contributed by atoms with Gasteiger partial charge >= 0.3 is 11.3 Å². The quantitative estimate of drug-likeness (QED) is 0.482. The molecular weight excluding hydrogens is 272 g/mol. The van der Waals surface area contributed by atoms with E-state index in [1.165, 1.54) is 0 Å². The Labute approximate surface area is 121 Å². The number of benzene rings is 1. The van der Waals surface area contributed by atoms with Crippen LogP contribution in [0.1, 0.15) is 26.2 Å². The first-order valence-corrected chi connectivity index (χ1v) is 7.06. The summed E-state index contributed by atoms with van der Waals surface area (Å²) in [6, 6.07) is 7.15. The normalized spacial score (nSPS) is 18.9. The summed E-state index contributed by atoms with van der Waals surface area (Å²) in [5.41, 5.74) is -0.547. The van der Waals surface area contributed by atoms with E-state index in [-0.39, 0.29) is 6.04 Å². The van der Waals surface area contributed by atoms with Crippen molar-refractivity contribution in [2.24, 2.45) is 0 Å². The molecule has 1 aromatic heterocycles. The molecule has 0 saturated carbocycles. The molecule has 0 radical (unpaired) electrons. The molecule has 1 aromatic carbocycles. The minimum Gasteiger partial charge on any atom is -0.418 e. The van der Waals surface area contributed by atoms with E-state index in [1.807, 2.05) is 11.8 Å². The Morgan fingerprint density at radius 2 is 2.10 bits per heavy atom. The third kappa shape index (κ3) is 2.26. The third-order valence-electron chi connectivity index (χ3n) is 4.04. The second-order valence-electron chi connectivity index (χ2n) is 5.38. The van der Waals surface area contributed by atoms with Gasteiger partial charge in [-0.15, -0.1) is 0 Å². The second-order valence-corrected chi connectivity index (χ2v) is 5.38. The smallest absolute Gasteiger partial charge is 0.417 e. The van der Waals surface area contributed by atoms with Crippen molar-refractivity contribution in [1.82, 2.24) is 0 Å². The molecule has 1 saturated heterocycles. The topological polar surface area (TPSA) is 76.6 Å². The average Bonchev–Trinajstić information content (AvgIpc) is 2.46. The van der Waals surface area contributed by atoms with Crippen molar-refractivity contribution in [3.8, 4) is 0 Å². The van der Waals surface area contributed by atoms with Gasteiger partial charge in [0, 0.05) is 18.0 Å². The van der Waals surface area contributed by atoms with E-state index < -0.39 is 16.2 Å². The lowest BCUT2D eigenvalue weighted by Crippen LogP contribution is -2.38. The second kappa shape index (κ2) is 5.20. The van der Waals surface area contributed by atoms with E-state index >= 15 is 0 Å². The summed E-state index contributed by atoms with van der Waals surface area (Å²) < 4.78 is 5.10. The lowest BCUT2D eigenvalue weighted by atomic mass is 10.0. The van der Waals surface area contributed by atoms with Crippen LogP contribution in [-0.2, 0) is 0 Å². The van der Waals surface area contributed by atoms with Gasteiger partial charge in [-0.1, -0.05) is 12.1 Å². The molecule has 21 heavy (non-hydrogen) atoms. The summed E-state index contributed by atoms with van der Waals surface area (Å²) in [5, 5.41) is 12.0. The predicted molar refractivity (Wildman–Crippen MR) is 79.8 cm³/mol. The molecule has 110 valence electrons. The molecule has 6 heteroatoms. The first-order valence-electron chi connectivity index (χ1n) is 7.06. The monoisotopic (exact) mass is 288 g/mol. The molecule has 2 heterocycles. The van der Waals surface area contributed by atoms with Crippen molar-refractivity contribution in [3.63, 3.8) is 0 Å². The van der Waals surface area contributed by atoms with Gasteiger partial charge in [-0.3, -0.25) is 10.1 Å². The zero-order chi connectivity index (χ0) is 15.0. The maximum Gasteiger partial charge on any atom is 0.417 e. The van der Waals surface area contributed by atoms with Crippen LogP contribution in [-0.4, -0.2) is 17.5 Å². The van der Waals surface area contributed by atoms with Crippen LogP contribution in [0.3, 0.4) is 0 Å². The zero-order valence-electron chi connectivity index (χ0n) is 11.7. The largest absolute Gasteiger partial charge is 0.418 e. The van der Waals surface area contributed by atoms with Crippen LogP contribution < -0.4 is 10.5 Å². The van der Waals surface area contributed by atoms with E-state index in [9.17, 15) is 14.9 Å². The summed E-state index contributed by atoms with van der Waals surface area (Å²) in [4.78, 5) is 24.7. The van der Waals surface area contributed by atoms with Crippen molar-refractivity contribution in [3.05, 3.63) is 44.8 Å². The molecule has 1 aliphatic heterocycles. The van der Waals surface area contributed by atoms with Crippen LogP contribution in [0.15, 0.2) is 33.5 Å². The molecule has 0 amide bonds. The van der Waals surface area contributed by atoms with E-state index in [0.717, 1.165) is 25.8 Å². The van der Waals surface area contributed by atoms with Gasteiger partial charge in [0.2, 0.25) is 0 Å². The molecule has 2 aromatic rings. The first kappa shape index (κ1) is 13.6. The predicted octanol–water partition coefficient (Wildman–Crippen LogP) is 3.08. The lowest BCUT2D eigenvalue weighted by molar-refractivity contribution is -0.386. The molecule has 1 fully saturated rings. The maximum atomic E-state index is 12.0. The molecule has 0 N–H and O–H groups in total. The van der Waals surface area contributed by atoms with Crippen molar-refractivity contribution in [1.29, 1.82) is 0 Å². The van der Waals surface area contributed by atoms with Gasteiger partial charge in [0.1, 0.15) is 11.3 Å². The van der Waals surface area contributed by atoms with Crippen LogP contribution in [0.2, 0.25) is 0 Å². The van der Waals surface area contributed by atoms with E-state index in [2.05, 4.69) is 0 Å². The van der Waals surface area contributed by atoms with Gasteiger partial charge in [0.15, 0.2) is 0 Å². The SMILES string of the molecule is CC1CCCCN1c1c([N+](=O)[O-])c(=O)oc2ccccc12. The summed E-state index contributed by atoms with van der Waals surface area (Å²) in [5.74, 6) is 0. The number of fused-ring (bicyclic) bond motifs is 1. The number of para-hydroxylation sites is 1. The van der Waals surface area contributed by atoms with Crippen LogP contribution in [0.4, 0.5) is 11.4 Å². The van der Waals surface area contributed by atoms with Gasteiger partial charge < -0.3 is 9.32 Å². The molecule has 0 bridgehead atoms. The van der Waals surface area contributed by atoms with Gasteiger partial charge in [-0.05, 0) is 38.3 Å². The first-order chi connectivity index (χ1) is 10.1. The summed E-state index contributed by atoms with van der Waals surface area (Å²) in [7, 11) is 0. The highest BCUT2D eigenvalue weighted by molar-refractivity contribution is 5.95. The average molecular weight is 288 g/mol. The highest BCUT2D eigenvalue weighted by Gasteiger charge is 2.31. The lowest BCUT2D eigenvalue weighted by Gasteiger charge is -2.35. The van der Waals surface area contributed by atoms with Gasteiger partial charge in [0.25, 0.3) is 0 Å². The Kier molecular flexibility index (Phi) is 3.37. The molecule has 1 unspecified atom stereocenters. The minimum atomic E-state index is -0.883. The standard InChI is InChI=1S/C15H16N2O4/c1-10-6-4-5-9-16(10)13-11-7-2-3-8-12(11)21-15(18)14(13)17(19)20/h2-3,7-8,10H,4-6,9H2,1H3. The van der Waals surface area contributed by atoms with Crippen molar-refractivity contribution < 1.29 is 9.34 Å². The molecule has 0 aliphatic carbocycles. The highest BCUT2D eigenvalue weighted by atomic mass is 16.6. The highest BCUT2D eigenvalue weighted by Crippen LogP contribution is 2.36. The molecule has 0 spiro atoms. The van der Waals surface area contributed by atoms with Gasteiger partial charge in [0.05, 0.1) is 4.92 Å². The van der Waals surface area contributed by atoms with E-state index in [4.69, 9.17) is 4.42 Å². The van der Waals surface area contributed by atoms with Gasteiger partial charge in [-0.25, -0.2) is 4.79 Å². The fourth-order valence-electron chi connectivity index (χ4n) is 3.01. The van der Waals surface area contributed by atoms with Crippen LogP contribution in [0, 0.1) is 10.1 Å². The van der Waals surface area contributed by atoms with E-state index in [0.29, 0.717) is 16.7 Å². The Hall–Kier alpha value is -2.37. The Morgan fingerprint density at radius 3 is 2.81 bits per heavy atom. The molecule has 6 nitrogen and oxygen atoms in total. The fourth-order valence-corrected chi connectivity index (χ4v) is 3.01. The van der Waals surface area contributed by atoms with Crippen LogP contribution in [0.5, 0.6) is 0 Å². The molecule has 3 rings (SSSR count). The van der Waals surface area contributed by atoms with E-state index in [1.54, 1.807) is 24.3 Å². The number of anilines is 1. The molecule has 1 aliphatic rings. The zero-order valence-corrected chi connectivity index (χ0v) is 11.7. The summed E-state index contributed by atoms with van der Waals surface area (Å²) in [6.07, 6.45) is 3.03. The maximum absolute atomic E-state index is 12.0. The Balaban J connectivity index is 2.33. The number of hydrogen-bond acceptors (Lipinski definition) is 5. The summed E-state index contributed by atoms with van der Waals surface area (Å²) in [6.45, 7) is 2.75. The minimum absolute atomic E-state index is 0.169. The Bertz CT molecular complexity index is 753. The number of nitro groups is 1. The fraction of sp³-hybridized carbons (Fsp3) is 0.400. The number of hydrogen-bond donors (Lipinski definition) is 0.